The lowest BCUT2D eigenvalue weighted by atomic mass is 10.0. The fraction of sp³-hybridized carbons (Fsp3) is 0.208. The van der Waals surface area contributed by atoms with Gasteiger partial charge in [0.15, 0.2) is 11.6 Å². The second-order valence-corrected chi connectivity index (χ2v) is 8.41. The zero-order valence-electron chi connectivity index (χ0n) is 17.7. The lowest BCUT2D eigenvalue weighted by molar-refractivity contribution is -0.116. The van der Waals surface area contributed by atoms with Crippen LogP contribution >= 0.6 is 0 Å². The molecule has 3 amide bonds. The molecule has 1 unspecified atom stereocenters. The molecule has 8 nitrogen and oxygen atoms in total. The summed E-state index contributed by atoms with van der Waals surface area (Å²) in [6.07, 6.45) is 2.71. The van der Waals surface area contributed by atoms with E-state index in [1.807, 2.05) is 0 Å². The summed E-state index contributed by atoms with van der Waals surface area (Å²) in [5, 5.41) is 7.95. The Morgan fingerprint density at radius 2 is 2.09 bits per heavy atom. The van der Waals surface area contributed by atoms with Gasteiger partial charge in [0.05, 0.1) is 5.69 Å². The van der Waals surface area contributed by atoms with Crippen molar-refractivity contribution in [2.24, 2.45) is 0 Å². The number of anilines is 2. The van der Waals surface area contributed by atoms with E-state index in [4.69, 9.17) is 9.47 Å². The minimum atomic E-state index is -1.13. The summed E-state index contributed by atoms with van der Waals surface area (Å²) in [5.41, 5.74) is 0.513. The van der Waals surface area contributed by atoms with Crippen LogP contribution in [0.15, 0.2) is 48.7 Å². The Balaban J connectivity index is 1.23. The number of pyridine rings is 1. The molecule has 3 aliphatic rings. The van der Waals surface area contributed by atoms with Gasteiger partial charge in [-0.25, -0.2) is 18.6 Å². The number of rotatable bonds is 4. The van der Waals surface area contributed by atoms with Crippen LogP contribution in [0.25, 0.3) is 0 Å². The highest BCUT2D eigenvalue weighted by atomic mass is 19.2. The van der Waals surface area contributed by atoms with Crippen molar-refractivity contribution < 1.29 is 27.8 Å². The molecule has 2 aliphatic heterocycles. The minimum Gasteiger partial charge on any atom is -0.487 e. The summed E-state index contributed by atoms with van der Waals surface area (Å²) < 4.78 is 39.4. The van der Waals surface area contributed by atoms with Crippen LogP contribution < -0.4 is 25.4 Å². The highest BCUT2D eigenvalue weighted by Crippen LogP contribution is 2.58. The van der Waals surface area contributed by atoms with Crippen LogP contribution in [0.1, 0.15) is 24.0 Å². The predicted octanol–water partition coefficient (Wildman–Crippen LogP) is 4.22. The highest BCUT2D eigenvalue weighted by Gasteiger charge is 2.64. The van der Waals surface area contributed by atoms with Gasteiger partial charge in [-0.15, -0.1) is 0 Å². The number of urea groups is 1. The van der Waals surface area contributed by atoms with Gasteiger partial charge in [0, 0.05) is 30.2 Å². The van der Waals surface area contributed by atoms with Gasteiger partial charge >= 0.3 is 6.03 Å². The largest absolute Gasteiger partial charge is 0.487 e. The van der Waals surface area contributed by atoms with Crippen molar-refractivity contribution in [2.45, 2.75) is 30.9 Å². The molecular formula is C24H18F2N4O4. The Morgan fingerprint density at radius 3 is 2.97 bits per heavy atom. The van der Waals surface area contributed by atoms with E-state index in [0.717, 1.165) is 17.2 Å². The summed E-state index contributed by atoms with van der Waals surface area (Å²) in [7, 11) is 0. The number of carbonyl (C=O) groups is 2. The monoisotopic (exact) mass is 464 g/mol. The topological polar surface area (TPSA) is 102 Å². The van der Waals surface area contributed by atoms with Gasteiger partial charge in [0.1, 0.15) is 34.7 Å². The molecule has 3 N–H and O–H groups in total. The third-order valence-corrected chi connectivity index (χ3v) is 6.23. The van der Waals surface area contributed by atoms with E-state index in [9.17, 15) is 18.4 Å². The lowest BCUT2D eigenvalue weighted by Crippen LogP contribution is -2.39. The van der Waals surface area contributed by atoms with E-state index in [1.165, 1.54) is 12.1 Å². The number of nitrogens with one attached hydrogen (secondary N) is 3. The molecule has 3 aromatic rings. The fourth-order valence-electron chi connectivity index (χ4n) is 4.47. The molecular weight excluding hydrogens is 446 g/mol. The summed E-state index contributed by atoms with van der Waals surface area (Å²) in [5.74, 6) is -0.0520. The number of halogens is 2. The molecule has 1 fully saturated rings. The summed E-state index contributed by atoms with van der Waals surface area (Å²) in [4.78, 5) is 28.5. The van der Waals surface area contributed by atoms with Crippen LogP contribution in [0.4, 0.5) is 25.1 Å². The van der Waals surface area contributed by atoms with E-state index in [-0.39, 0.29) is 17.7 Å². The van der Waals surface area contributed by atoms with Crippen molar-refractivity contribution in [3.8, 4) is 17.2 Å². The first kappa shape index (κ1) is 20.4. The van der Waals surface area contributed by atoms with Crippen molar-refractivity contribution in [1.29, 1.82) is 0 Å². The van der Waals surface area contributed by atoms with Crippen LogP contribution in [0.5, 0.6) is 17.2 Å². The number of hydrogen-bond donors (Lipinski definition) is 3. The average molecular weight is 464 g/mol. The van der Waals surface area contributed by atoms with Gasteiger partial charge in [-0.1, -0.05) is 6.07 Å². The summed E-state index contributed by atoms with van der Waals surface area (Å²) >= 11 is 0. The van der Waals surface area contributed by atoms with E-state index in [0.29, 0.717) is 42.3 Å². The Labute approximate surface area is 192 Å². The van der Waals surface area contributed by atoms with Crippen molar-refractivity contribution in [2.75, 3.05) is 10.6 Å². The van der Waals surface area contributed by atoms with Crippen LogP contribution in [-0.4, -0.2) is 23.0 Å². The van der Waals surface area contributed by atoms with Crippen molar-refractivity contribution in [3.05, 3.63) is 71.4 Å². The minimum absolute atomic E-state index is 0.0870. The molecule has 34 heavy (non-hydrogen) atoms. The van der Waals surface area contributed by atoms with Crippen LogP contribution in [-0.2, 0) is 16.8 Å². The zero-order chi connectivity index (χ0) is 23.4. The molecule has 1 saturated carbocycles. The molecule has 1 aromatic heterocycles. The Bertz CT molecular complexity index is 1360. The fourth-order valence-corrected chi connectivity index (χ4v) is 4.47. The number of fused-ring (bicyclic) bond motifs is 4. The van der Waals surface area contributed by atoms with Crippen LogP contribution in [0, 0.1) is 11.6 Å². The molecule has 0 radical (unpaired) electrons. The molecule has 2 atom stereocenters. The third kappa shape index (κ3) is 3.30. The molecule has 1 aliphatic carbocycles. The van der Waals surface area contributed by atoms with Crippen molar-refractivity contribution >= 4 is 23.4 Å². The maximum Gasteiger partial charge on any atom is 0.320 e. The highest BCUT2D eigenvalue weighted by molar-refractivity contribution is 5.93. The normalized spacial score (nSPS) is 21.4. The van der Waals surface area contributed by atoms with Gasteiger partial charge < -0.3 is 25.4 Å². The van der Waals surface area contributed by atoms with Crippen LogP contribution in [0.3, 0.4) is 0 Å². The van der Waals surface area contributed by atoms with E-state index in [1.54, 1.807) is 30.5 Å². The molecule has 10 heteroatoms. The lowest BCUT2D eigenvalue weighted by Gasteiger charge is -2.20. The van der Waals surface area contributed by atoms with Gasteiger partial charge in [-0.2, -0.15) is 0 Å². The molecule has 6 rings (SSSR count). The first-order valence-corrected chi connectivity index (χ1v) is 10.7. The van der Waals surface area contributed by atoms with Crippen molar-refractivity contribution in [3.63, 3.8) is 0 Å². The SMILES string of the molecule is O=C1CCc2c(Oc3ccc4c(c3)C3(NC(=O)Nc5cccc(F)c5F)C[C@@H]3O4)ccnc2N1. The van der Waals surface area contributed by atoms with Crippen LogP contribution in [0.2, 0.25) is 0 Å². The molecule has 172 valence electrons. The number of nitrogens with zero attached hydrogens (tertiary/aromatic N) is 1. The standard InChI is InChI=1S/C24H18F2N4O4/c25-15-2-1-3-16(21(15)26)28-23(32)30-24-11-19(24)34-18-6-4-12(10-14(18)24)33-17-8-9-27-22-13(17)5-7-20(31)29-22/h1-4,6,8-10,19H,5,7,11H2,(H,27,29,31)(H2,28,30,32)/t19-,24?/m0/s1. The number of carbonyl (C=O) groups excluding carboxylic acids is 2. The smallest absolute Gasteiger partial charge is 0.320 e. The van der Waals surface area contributed by atoms with E-state index >= 15 is 0 Å². The zero-order valence-corrected chi connectivity index (χ0v) is 17.7. The number of benzene rings is 2. The Morgan fingerprint density at radius 1 is 1.21 bits per heavy atom. The second kappa shape index (κ2) is 7.41. The summed E-state index contributed by atoms with van der Waals surface area (Å²) in [6.45, 7) is 0. The van der Waals surface area contributed by atoms with E-state index < -0.39 is 23.2 Å². The maximum absolute atomic E-state index is 13.9. The summed E-state index contributed by atoms with van der Waals surface area (Å²) in [6, 6.07) is 9.94. The number of ether oxygens (including phenoxy) is 2. The molecule has 3 heterocycles. The first-order valence-electron chi connectivity index (χ1n) is 10.7. The molecule has 0 bridgehead atoms. The molecule has 0 saturated heterocycles. The number of amides is 3. The van der Waals surface area contributed by atoms with Gasteiger partial charge in [0.2, 0.25) is 5.91 Å². The first-order chi connectivity index (χ1) is 16.4. The van der Waals surface area contributed by atoms with Crippen molar-refractivity contribution in [1.82, 2.24) is 10.3 Å². The average Bonchev–Trinajstić information content (AvgIpc) is 3.41. The molecule has 2 aromatic carbocycles. The van der Waals surface area contributed by atoms with Gasteiger partial charge in [-0.3, -0.25) is 4.79 Å². The number of hydrogen-bond acceptors (Lipinski definition) is 5. The third-order valence-electron chi connectivity index (χ3n) is 6.23. The second-order valence-electron chi connectivity index (χ2n) is 8.41. The number of aromatic nitrogens is 1. The predicted molar refractivity (Wildman–Crippen MR) is 117 cm³/mol. The van der Waals surface area contributed by atoms with Gasteiger partial charge in [0.25, 0.3) is 0 Å². The Hall–Kier alpha value is -4.21. The maximum atomic E-state index is 13.9. The Kier molecular flexibility index (Phi) is 4.44. The molecule has 0 spiro atoms. The van der Waals surface area contributed by atoms with E-state index in [2.05, 4.69) is 20.9 Å². The van der Waals surface area contributed by atoms with Gasteiger partial charge in [-0.05, 0) is 42.8 Å². The quantitative estimate of drug-likeness (QED) is 0.537.